The van der Waals surface area contributed by atoms with Gasteiger partial charge >= 0.3 is 12.0 Å². The van der Waals surface area contributed by atoms with Crippen molar-refractivity contribution >= 4 is 12.0 Å². The molecule has 5 nitrogen and oxygen atoms in total. The van der Waals surface area contributed by atoms with Crippen molar-refractivity contribution in [3.63, 3.8) is 0 Å². The SMILES string of the molecule is C=CCN(C)C(=O)N(C)Cc1ccc(C(=O)O)cc1. The van der Waals surface area contributed by atoms with E-state index in [-0.39, 0.29) is 11.6 Å². The summed E-state index contributed by atoms with van der Waals surface area (Å²) in [6.45, 7) is 4.50. The Bertz CT molecular complexity index is 468. The number of likely N-dealkylation sites (N-methyl/N-ethyl adjacent to an activating group) is 1. The highest BCUT2D eigenvalue weighted by Gasteiger charge is 2.13. The first kappa shape index (κ1) is 14.8. The number of amides is 2. The number of rotatable bonds is 5. The van der Waals surface area contributed by atoms with Gasteiger partial charge in [0.2, 0.25) is 0 Å². The molecule has 0 saturated heterocycles. The minimum atomic E-state index is -0.957. The predicted octanol–water partition coefficient (Wildman–Crippen LogP) is 2.05. The van der Waals surface area contributed by atoms with Crippen LogP contribution in [0.4, 0.5) is 4.79 Å². The highest BCUT2D eigenvalue weighted by atomic mass is 16.4. The number of carbonyl (C=O) groups excluding carboxylic acids is 1. The molecule has 1 aromatic carbocycles. The maximum Gasteiger partial charge on any atom is 0.335 e. The fraction of sp³-hybridized carbons (Fsp3) is 0.286. The summed E-state index contributed by atoms with van der Waals surface area (Å²) >= 11 is 0. The predicted molar refractivity (Wildman–Crippen MR) is 73.1 cm³/mol. The van der Waals surface area contributed by atoms with Gasteiger partial charge in [-0.2, -0.15) is 0 Å². The Balaban J connectivity index is 2.66. The van der Waals surface area contributed by atoms with E-state index in [4.69, 9.17) is 5.11 Å². The lowest BCUT2D eigenvalue weighted by molar-refractivity contribution is 0.0697. The van der Waals surface area contributed by atoms with Crippen molar-refractivity contribution in [1.29, 1.82) is 0 Å². The maximum atomic E-state index is 11.9. The van der Waals surface area contributed by atoms with Crippen LogP contribution in [0.5, 0.6) is 0 Å². The van der Waals surface area contributed by atoms with Crippen molar-refractivity contribution in [3.05, 3.63) is 48.0 Å². The zero-order chi connectivity index (χ0) is 14.4. The summed E-state index contributed by atoms with van der Waals surface area (Å²) in [4.78, 5) is 25.8. The topological polar surface area (TPSA) is 60.9 Å². The molecule has 0 aliphatic heterocycles. The molecule has 2 amide bonds. The largest absolute Gasteiger partial charge is 0.478 e. The maximum absolute atomic E-state index is 11.9. The van der Waals surface area contributed by atoms with Gasteiger partial charge in [0.1, 0.15) is 0 Å². The van der Waals surface area contributed by atoms with Crippen molar-refractivity contribution < 1.29 is 14.7 Å². The number of benzene rings is 1. The number of hydrogen-bond acceptors (Lipinski definition) is 2. The van der Waals surface area contributed by atoms with Gasteiger partial charge in [0, 0.05) is 27.2 Å². The average Bonchev–Trinajstić information content (AvgIpc) is 2.38. The molecular formula is C14H18N2O3. The Morgan fingerprint density at radius 1 is 1.21 bits per heavy atom. The van der Waals surface area contributed by atoms with Crippen LogP contribution in [0.1, 0.15) is 15.9 Å². The Morgan fingerprint density at radius 2 is 1.79 bits per heavy atom. The Kier molecular flexibility index (Phi) is 5.11. The van der Waals surface area contributed by atoms with Gasteiger partial charge in [-0.25, -0.2) is 9.59 Å². The van der Waals surface area contributed by atoms with Gasteiger partial charge in [-0.1, -0.05) is 18.2 Å². The molecule has 1 rings (SSSR count). The van der Waals surface area contributed by atoms with E-state index in [1.807, 2.05) is 0 Å². The molecule has 0 fully saturated rings. The van der Waals surface area contributed by atoms with Crippen LogP contribution >= 0.6 is 0 Å². The number of nitrogens with zero attached hydrogens (tertiary/aromatic N) is 2. The summed E-state index contributed by atoms with van der Waals surface area (Å²) in [5.41, 5.74) is 1.12. The summed E-state index contributed by atoms with van der Waals surface area (Å²) in [6, 6.07) is 6.37. The smallest absolute Gasteiger partial charge is 0.335 e. The van der Waals surface area contributed by atoms with E-state index in [9.17, 15) is 9.59 Å². The monoisotopic (exact) mass is 262 g/mol. The molecule has 0 atom stereocenters. The highest BCUT2D eigenvalue weighted by Crippen LogP contribution is 2.08. The molecule has 102 valence electrons. The second kappa shape index (κ2) is 6.58. The van der Waals surface area contributed by atoms with Gasteiger partial charge < -0.3 is 14.9 Å². The molecule has 0 aliphatic rings. The molecule has 1 N–H and O–H groups in total. The van der Waals surface area contributed by atoms with Crippen LogP contribution in [0, 0.1) is 0 Å². The van der Waals surface area contributed by atoms with Crippen molar-refractivity contribution in [2.75, 3.05) is 20.6 Å². The van der Waals surface area contributed by atoms with Gasteiger partial charge in [0.05, 0.1) is 5.56 Å². The number of hydrogen-bond donors (Lipinski definition) is 1. The van der Waals surface area contributed by atoms with E-state index >= 15 is 0 Å². The quantitative estimate of drug-likeness (QED) is 0.826. The van der Waals surface area contributed by atoms with E-state index < -0.39 is 5.97 Å². The van der Waals surface area contributed by atoms with E-state index in [0.29, 0.717) is 13.1 Å². The molecule has 0 bridgehead atoms. The lowest BCUT2D eigenvalue weighted by atomic mass is 10.1. The van der Waals surface area contributed by atoms with Crippen LogP contribution in [0.3, 0.4) is 0 Å². The van der Waals surface area contributed by atoms with E-state index in [1.54, 1.807) is 42.1 Å². The third kappa shape index (κ3) is 4.13. The van der Waals surface area contributed by atoms with Crippen LogP contribution in [-0.2, 0) is 6.54 Å². The third-order valence-electron chi connectivity index (χ3n) is 2.68. The van der Waals surface area contributed by atoms with Gasteiger partial charge in [0.15, 0.2) is 0 Å². The molecule has 0 heterocycles. The highest BCUT2D eigenvalue weighted by molar-refractivity contribution is 5.87. The second-order valence-electron chi connectivity index (χ2n) is 4.31. The molecular weight excluding hydrogens is 244 g/mol. The van der Waals surface area contributed by atoms with Crippen molar-refractivity contribution in [2.24, 2.45) is 0 Å². The normalized spacial score (nSPS) is 9.79. The van der Waals surface area contributed by atoms with Gasteiger partial charge in [0.25, 0.3) is 0 Å². The van der Waals surface area contributed by atoms with E-state index in [0.717, 1.165) is 5.56 Å². The van der Waals surface area contributed by atoms with Crippen LogP contribution in [-0.4, -0.2) is 47.5 Å². The summed E-state index contributed by atoms with van der Waals surface area (Å²) in [7, 11) is 3.40. The van der Waals surface area contributed by atoms with Gasteiger partial charge in [-0.3, -0.25) is 0 Å². The molecule has 0 unspecified atom stereocenters. The zero-order valence-corrected chi connectivity index (χ0v) is 11.2. The minimum absolute atomic E-state index is 0.109. The van der Waals surface area contributed by atoms with Gasteiger partial charge in [-0.05, 0) is 17.7 Å². The van der Waals surface area contributed by atoms with Crippen LogP contribution in [0.2, 0.25) is 0 Å². The molecule has 19 heavy (non-hydrogen) atoms. The van der Waals surface area contributed by atoms with E-state index in [2.05, 4.69) is 6.58 Å². The number of urea groups is 1. The molecule has 0 radical (unpaired) electrons. The molecule has 1 aromatic rings. The van der Waals surface area contributed by atoms with Crippen molar-refractivity contribution in [2.45, 2.75) is 6.54 Å². The van der Waals surface area contributed by atoms with Crippen LogP contribution in [0.15, 0.2) is 36.9 Å². The summed E-state index contributed by atoms with van der Waals surface area (Å²) in [5.74, 6) is -0.957. The summed E-state index contributed by atoms with van der Waals surface area (Å²) < 4.78 is 0. The minimum Gasteiger partial charge on any atom is -0.478 e. The fourth-order valence-electron chi connectivity index (χ4n) is 1.66. The molecule has 0 saturated carbocycles. The van der Waals surface area contributed by atoms with E-state index in [1.165, 1.54) is 12.1 Å². The summed E-state index contributed by atoms with van der Waals surface area (Å²) in [6.07, 6.45) is 1.66. The van der Waals surface area contributed by atoms with Crippen molar-refractivity contribution in [1.82, 2.24) is 9.80 Å². The third-order valence-corrected chi connectivity index (χ3v) is 2.68. The number of carboxylic acids is 1. The van der Waals surface area contributed by atoms with Crippen LogP contribution < -0.4 is 0 Å². The molecule has 0 spiro atoms. The lowest BCUT2D eigenvalue weighted by Crippen LogP contribution is -2.38. The molecule has 0 aliphatic carbocycles. The number of carbonyl (C=O) groups is 2. The lowest BCUT2D eigenvalue weighted by Gasteiger charge is -2.24. The standard InChI is InChI=1S/C14H18N2O3/c1-4-9-15(2)14(19)16(3)10-11-5-7-12(8-6-11)13(17)18/h4-8H,1,9-10H2,2-3H3,(H,17,18). The number of aromatic carboxylic acids is 1. The first-order valence-electron chi connectivity index (χ1n) is 5.85. The first-order chi connectivity index (χ1) is 8.95. The van der Waals surface area contributed by atoms with Gasteiger partial charge in [-0.15, -0.1) is 6.58 Å². The van der Waals surface area contributed by atoms with Crippen molar-refractivity contribution in [3.8, 4) is 0 Å². The first-order valence-corrected chi connectivity index (χ1v) is 5.85. The Morgan fingerprint density at radius 3 is 2.26 bits per heavy atom. The molecule has 5 heteroatoms. The zero-order valence-electron chi connectivity index (χ0n) is 11.2. The molecule has 0 aromatic heterocycles. The average molecular weight is 262 g/mol. The number of carboxylic acid groups (broad SMARTS) is 1. The Hall–Kier alpha value is -2.30. The van der Waals surface area contributed by atoms with Crippen LogP contribution in [0.25, 0.3) is 0 Å². The Labute approximate surface area is 112 Å². The fourth-order valence-corrected chi connectivity index (χ4v) is 1.66. The summed E-state index contributed by atoms with van der Waals surface area (Å²) in [5, 5.41) is 8.80. The second-order valence-corrected chi connectivity index (χ2v) is 4.31.